The molecule has 0 aliphatic heterocycles. The van der Waals surface area contributed by atoms with Crippen molar-refractivity contribution in [3.05, 3.63) is 5.82 Å². The lowest BCUT2D eigenvalue weighted by molar-refractivity contribution is 0.641. The minimum absolute atomic E-state index is 0.478. The lowest BCUT2D eigenvalue weighted by Crippen LogP contribution is -2.09. The van der Waals surface area contributed by atoms with Gasteiger partial charge in [0, 0.05) is 11.8 Å². The van der Waals surface area contributed by atoms with Gasteiger partial charge in [-0.2, -0.15) is 0 Å². The summed E-state index contributed by atoms with van der Waals surface area (Å²) in [6.07, 6.45) is 5.36. The molecule has 15 heavy (non-hydrogen) atoms. The summed E-state index contributed by atoms with van der Waals surface area (Å²) in [7, 11) is 0. The smallest absolute Gasteiger partial charge is 0.191 e. The lowest BCUT2D eigenvalue weighted by Gasteiger charge is -2.09. The van der Waals surface area contributed by atoms with E-state index in [-0.39, 0.29) is 0 Å². The van der Waals surface area contributed by atoms with Crippen molar-refractivity contribution < 1.29 is 0 Å². The van der Waals surface area contributed by atoms with E-state index in [0.717, 1.165) is 22.8 Å². The Bertz CT molecular complexity index is 317. The summed E-state index contributed by atoms with van der Waals surface area (Å²) >= 11 is 1.87. The zero-order valence-corrected chi connectivity index (χ0v) is 9.96. The Morgan fingerprint density at radius 1 is 1.40 bits per heavy atom. The number of aromatic nitrogens is 3. The third-order valence-corrected chi connectivity index (χ3v) is 4.18. The van der Waals surface area contributed by atoms with Crippen molar-refractivity contribution in [2.75, 3.05) is 0 Å². The molecular formula is C10H18N4S. The molecule has 4 nitrogen and oxygen atoms in total. The van der Waals surface area contributed by atoms with Gasteiger partial charge >= 0.3 is 0 Å². The Morgan fingerprint density at radius 3 is 2.73 bits per heavy atom. The first-order valence-electron chi connectivity index (χ1n) is 5.64. The van der Waals surface area contributed by atoms with E-state index in [9.17, 15) is 0 Å². The van der Waals surface area contributed by atoms with Crippen molar-refractivity contribution in [3.8, 4) is 0 Å². The molecule has 1 aliphatic carbocycles. The average molecular weight is 226 g/mol. The number of rotatable bonds is 4. The Hall–Kier alpha value is -0.550. The number of thioether (sulfide) groups is 1. The van der Waals surface area contributed by atoms with Crippen molar-refractivity contribution >= 4 is 11.8 Å². The van der Waals surface area contributed by atoms with Gasteiger partial charge in [0.25, 0.3) is 0 Å². The van der Waals surface area contributed by atoms with Crippen LogP contribution in [0.2, 0.25) is 0 Å². The van der Waals surface area contributed by atoms with Crippen molar-refractivity contribution in [1.29, 1.82) is 0 Å². The van der Waals surface area contributed by atoms with Crippen LogP contribution in [0.5, 0.6) is 0 Å². The fourth-order valence-corrected chi connectivity index (χ4v) is 3.35. The van der Waals surface area contributed by atoms with Crippen LogP contribution < -0.4 is 5.73 Å². The minimum Gasteiger partial charge on any atom is -0.324 e. The Kier molecular flexibility index (Phi) is 3.64. The molecule has 0 saturated heterocycles. The maximum absolute atomic E-state index is 5.62. The van der Waals surface area contributed by atoms with E-state index in [4.69, 9.17) is 5.73 Å². The molecule has 5 heteroatoms. The van der Waals surface area contributed by atoms with Crippen molar-refractivity contribution in [2.24, 2.45) is 5.73 Å². The number of hydrogen-bond acceptors (Lipinski definition) is 4. The van der Waals surface area contributed by atoms with E-state index < -0.39 is 0 Å². The van der Waals surface area contributed by atoms with Gasteiger partial charge in [0.05, 0.1) is 6.54 Å². The third-order valence-electron chi connectivity index (χ3n) is 2.87. The molecule has 1 aromatic heterocycles. The van der Waals surface area contributed by atoms with Crippen LogP contribution in [0.4, 0.5) is 0 Å². The first-order chi connectivity index (χ1) is 7.35. The fraction of sp³-hybridized carbons (Fsp3) is 0.800. The maximum atomic E-state index is 5.62. The van der Waals surface area contributed by atoms with Gasteiger partial charge in [-0.25, -0.2) is 0 Å². The minimum atomic E-state index is 0.478. The van der Waals surface area contributed by atoms with Crippen LogP contribution in [0.1, 0.15) is 38.4 Å². The van der Waals surface area contributed by atoms with E-state index in [1.165, 1.54) is 25.7 Å². The van der Waals surface area contributed by atoms with Gasteiger partial charge in [0.2, 0.25) is 0 Å². The predicted octanol–water partition coefficient (Wildman–Crippen LogP) is 1.79. The van der Waals surface area contributed by atoms with Gasteiger partial charge in [-0.15, -0.1) is 10.2 Å². The topological polar surface area (TPSA) is 56.7 Å². The lowest BCUT2D eigenvalue weighted by atomic mass is 10.4. The summed E-state index contributed by atoms with van der Waals surface area (Å²) < 4.78 is 2.13. The zero-order valence-electron chi connectivity index (χ0n) is 9.15. The van der Waals surface area contributed by atoms with E-state index in [2.05, 4.69) is 21.7 Å². The molecule has 2 N–H and O–H groups in total. The first kappa shape index (κ1) is 11.0. The van der Waals surface area contributed by atoms with Crippen LogP contribution in [0, 0.1) is 0 Å². The molecule has 0 amide bonds. The van der Waals surface area contributed by atoms with E-state index in [1.807, 2.05) is 11.8 Å². The maximum Gasteiger partial charge on any atom is 0.191 e. The molecule has 0 radical (unpaired) electrons. The van der Waals surface area contributed by atoms with Crippen LogP contribution >= 0.6 is 11.8 Å². The number of nitrogens with two attached hydrogens (primary N) is 1. The normalized spacial score (nSPS) is 17.5. The predicted molar refractivity (Wildman–Crippen MR) is 61.7 cm³/mol. The largest absolute Gasteiger partial charge is 0.324 e. The molecule has 1 aliphatic rings. The molecule has 1 saturated carbocycles. The molecule has 0 unspecified atom stereocenters. The van der Waals surface area contributed by atoms with Gasteiger partial charge in [-0.05, 0) is 19.8 Å². The first-order valence-corrected chi connectivity index (χ1v) is 6.52. The van der Waals surface area contributed by atoms with Crippen LogP contribution in [-0.4, -0.2) is 20.0 Å². The molecular weight excluding hydrogens is 208 g/mol. The van der Waals surface area contributed by atoms with Crippen LogP contribution in [0.25, 0.3) is 0 Å². The van der Waals surface area contributed by atoms with Gasteiger partial charge in [-0.1, -0.05) is 24.6 Å². The summed E-state index contributed by atoms with van der Waals surface area (Å²) in [4.78, 5) is 0. The summed E-state index contributed by atoms with van der Waals surface area (Å²) in [5, 5.41) is 10.1. The fourth-order valence-electron chi connectivity index (χ4n) is 2.03. The molecule has 1 heterocycles. The third kappa shape index (κ3) is 2.34. The molecule has 1 fully saturated rings. The monoisotopic (exact) mass is 226 g/mol. The quantitative estimate of drug-likeness (QED) is 0.850. The standard InChI is InChI=1S/C10H18N4S/c1-2-14-9(7-11)12-13-10(14)15-8-5-3-4-6-8/h8H,2-7,11H2,1H3. The second kappa shape index (κ2) is 4.99. The summed E-state index contributed by atoms with van der Waals surface area (Å²) in [6.45, 7) is 3.50. The average Bonchev–Trinajstić information content (AvgIpc) is 2.87. The van der Waals surface area contributed by atoms with Crippen molar-refractivity contribution in [1.82, 2.24) is 14.8 Å². The molecule has 0 atom stereocenters. The Morgan fingerprint density at radius 2 is 2.13 bits per heavy atom. The van der Waals surface area contributed by atoms with Crippen molar-refractivity contribution in [3.63, 3.8) is 0 Å². The van der Waals surface area contributed by atoms with Crippen LogP contribution in [0.15, 0.2) is 5.16 Å². The zero-order chi connectivity index (χ0) is 10.7. The van der Waals surface area contributed by atoms with Gasteiger partial charge in [-0.3, -0.25) is 0 Å². The second-order valence-corrected chi connectivity index (χ2v) is 5.14. The van der Waals surface area contributed by atoms with E-state index in [1.54, 1.807) is 0 Å². The van der Waals surface area contributed by atoms with Gasteiger partial charge < -0.3 is 10.3 Å². The number of nitrogens with zero attached hydrogens (tertiary/aromatic N) is 3. The van der Waals surface area contributed by atoms with Crippen LogP contribution in [-0.2, 0) is 13.1 Å². The molecule has 0 spiro atoms. The summed E-state index contributed by atoms with van der Waals surface area (Å²) in [5.74, 6) is 0.901. The Labute approximate surface area is 94.6 Å². The van der Waals surface area contributed by atoms with Gasteiger partial charge in [0.15, 0.2) is 5.16 Å². The highest BCUT2D eigenvalue weighted by molar-refractivity contribution is 7.99. The highest BCUT2D eigenvalue weighted by Gasteiger charge is 2.19. The van der Waals surface area contributed by atoms with E-state index in [0.29, 0.717) is 6.54 Å². The highest BCUT2D eigenvalue weighted by Crippen LogP contribution is 2.33. The molecule has 0 bridgehead atoms. The Balaban J connectivity index is 2.09. The molecule has 1 aromatic rings. The summed E-state index contributed by atoms with van der Waals surface area (Å²) in [6, 6.07) is 0. The molecule has 2 rings (SSSR count). The molecule has 84 valence electrons. The van der Waals surface area contributed by atoms with Gasteiger partial charge in [0.1, 0.15) is 5.82 Å². The van der Waals surface area contributed by atoms with E-state index >= 15 is 0 Å². The summed E-state index contributed by atoms with van der Waals surface area (Å²) in [5.41, 5.74) is 5.62. The number of hydrogen-bond donors (Lipinski definition) is 1. The molecule has 0 aromatic carbocycles. The van der Waals surface area contributed by atoms with Crippen molar-refractivity contribution in [2.45, 2.75) is 56.1 Å². The SMILES string of the molecule is CCn1c(CN)nnc1SC1CCCC1. The highest BCUT2D eigenvalue weighted by atomic mass is 32.2. The second-order valence-electron chi connectivity index (χ2n) is 3.87. The van der Waals surface area contributed by atoms with Crippen LogP contribution in [0.3, 0.4) is 0 Å².